The topological polar surface area (TPSA) is 252 Å². The molecule has 0 unspecified atom stereocenters. The fourth-order valence-corrected chi connectivity index (χ4v) is 9.49. The normalized spacial score (nSPS) is 12.0. The van der Waals surface area contributed by atoms with Gasteiger partial charge in [-0.3, -0.25) is 9.59 Å². The van der Waals surface area contributed by atoms with Gasteiger partial charge in [0.15, 0.2) is 11.6 Å². The fourth-order valence-electron chi connectivity index (χ4n) is 9.49. The fraction of sp³-hybridized carbons (Fsp3) is 0.346. The van der Waals surface area contributed by atoms with Crippen molar-refractivity contribution in [3.8, 4) is 0 Å². The average Bonchev–Trinajstić information content (AvgIpc) is 3.87. The smallest absolute Gasteiger partial charge is 0.232 e. The summed E-state index contributed by atoms with van der Waals surface area (Å²) < 4.78 is 4.48. The molecule has 0 saturated heterocycles. The van der Waals surface area contributed by atoms with E-state index in [1.165, 1.54) is 0 Å². The molecule has 0 bridgehead atoms. The van der Waals surface area contributed by atoms with Crippen LogP contribution in [0.1, 0.15) is 117 Å². The van der Waals surface area contributed by atoms with E-state index in [0.717, 1.165) is 94.2 Å². The van der Waals surface area contributed by atoms with Gasteiger partial charge >= 0.3 is 0 Å². The number of benzene rings is 4. The molecule has 4 aromatic heterocycles. The third-order valence-corrected chi connectivity index (χ3v) is 13.2. The first-order valence-electron chi connectivity index (χ1n) is 23.3. The van der Waals surface area contributed by atoms with Crippen LogP contribution in [0.5, 0.6) is 0 Å². The van der Waals surface area contributed by atoms with E-state index in [9.17, 15) is 9.59 Å². The Kier molecular flexibility index (Phi) is 13.6. The van der Waals surface area contributed by atoms with Gasteiger partial charge in [0.05, 0.1) is 27.5 Å². The average molecular weight is 887 g/mol. The van der Waals surface area contributed by atoms with Crippen molar-refractivity contribution in [3.05, 3.63) is 130 Å². The number of hydrogen-bond donors (Lipinski definition) is 6. The number of aromatic nitrogens is 6. The van der Waals surface area contributed by atoms with E-state index in [-0.39, 0.29) is 12.3 Å². The standard InChI is InChI=1S/C52H62N12O2/c1-3-5-11-43-61-45-47(63(43)30-34-17-13-32(28-53)14-18-34)38-26-36(21-23-40(38)59-49(45)56)52(51(58)66,25-9-7-8-10-42(55)65)37-22-24-41-39(27-37)48-46(50(57)60-41)62-44(12-6-4-2)64(48)31-35-19-15-33(29-54)16-20-35/h13-24,26-27H,3-12,25,28-31,53-54H2,1-2H3,(H2,55,65)(H2,56,59)(H2,57,60)(H2,58,66). The minimum absolute atomic E-state index is 0.254. The number of nitrogens with zero attached hydrogens (tertiary/aromatic N) is 6. The molecule has 4 heterocycles. The highest BCUT2D eigenvalue weighted by Gasteiger charge is 2.41. The van der Waals surface area contributed by atoms with E-state index < -0.39 is 11.3 Å². The molecular formula is C52H62N12O2. The van der Waals surface area contributed by atoms with Gasteiger partial charge in [0.2, 0.25) is 11.8 Å². The van der Waals surface area contributed by atoms with Crippen LogP contribution in [0.4, 0.5) is 11.6 Å². The molecule has 0 saturated carbocycles. The summed E-state index contributed by atoms with van der Waals surface area (Å²) in [5.41, 5.74) is 46.3. The minimum atomic E-state index is -1.33. The van der Waals surface area contributed by atoms with E-state index in [2.05, 4.69) is 83.6 Å². The van der Waals surface area contributed by atoms with Crippen molar-refractivity contribution >= 4 is 67.3 Å². The Morgan fingerprint density at radius 3 is 1.39 bits per heavy atom. The Morgan fingerprint density at radius 1 is 0.561 bits per heavy atom. The lowest BCUT2D eigenvalue weighted by atomic mass is 9.69. The number of hydrogen-bond acceptors (Lipinski definition) is 10. The molecule has 4 aromatic carbocycles. The van der Waals surface area contributed by atoms with Crippen LogP contribution in [0, 0.1) is 0 Å². The zero-order valence-electron chi connectivity index (χ0n) is 38.2. The van der Waals surface area contributed by atoms with E-state index >= 15 is 0 Å². The Balaban J connectivity index is 1.36. The van der Waals surface area contributed by atoms with E-state index in [1.54, 1.807) is 0 Å². The molecule has 0 aliphatic heterocycles. The summed E-state index contributed by atoms with van der Waals surface area (Å²) in [6, 6.07) is 28.4. The molecular weight excluding hydrogens is 825 g/mol. The number of imidazole rings is 2. The Hall–Kier alpha value is -6.90. The molecule has 0 atom stereocenters. The van der Waals surface area contributed by atoms with Crippen molar-refractivity contribution in [3.63, 3.8) is 0 Å². The molecule has 0 aliphatic carbocycles. The number of unbranched alkanes of at least 4 members (excludes halogenated alkanes) is 4. The second-order valence-corrected chi connectivity index (χ2v) is 17.6. The molecule has 14 nitrogen and oxygen atoms in total. The monoisotopic (exact) mass is 887 g/mol. The molecule has 0 radical (unpaired) electrons. The third kappa shape index (κ3) is 8.90. The van der Waals surface area contributed by atoms with Gasteiger partial charge in [0.25, 0.3) is 0 Å². The quantitative estimate of drug-likeness (QED) is 0.0386. The van der Waals surface area contributed by atoms with Gasteiger partial charge in [0, 0.05) is 56.2 Å². The summed E-state index contributed by atoms with van der Waals surface area (Å²) in [4.78, 5) is 46.5. The predicted octanol–water partition coefficient (Wildman–Crippen LogP) is 7.55. The number of amides is 2. The van der Waals surface area contributed by atoms with Gasteiger partial charge in [-0.1, -0.05) is 100 Å². The van der Waals surface area contributed by atoms with Gasteiger partial charge in [-0.15, -0.1) is 0 Å². The van der Waals surface area contributed by atoms with Gasteiger partial charge in [-0.2, -0.15) is 0 Å². The van der Waals surface area contributed by atoms with E-state index in [1.807, 2.05) is 24.3 Å². The lowest BCUT2D eigenvalue weighted by molar-refractivity contribution is -0.122. The maximum Gasteiger partial charge on any atom is 0.232 e. The number of nitrogens with two attached hydrogens (primary N) is 6. The second-order valence-electron chi connectivity index (χ2n) is 17.6. The van der Waals surface area contributed by atoms with Gasteiger partial charge in [-0.05, 0) is 83.3 Å². The van der Waals surface area contributed by atoms with Crippen molar-refractivity contribution in [2.45, 2.75) is 116 Å². The summed E-state index contributed by atoms with van der Waals surface area (Å²) in [6.07, 6.45) is 7.85. The zero-order chi connectivity index (χ0) is 46.5. The second kappa shape index (κ2) is 19.7. The number of carbonyl (C=O) groups is 2. The molecule has 12 N–H and O–H groups in total. The number of fused-ring (bicyclic) bond motifs is 6. The van der Waals surface area contributed by atoms with Crippen molar-refractivity contribution < 1.29 is 9.59 Å². The summed E-state index contributed by atoms with van der Waals surface area (Å²) in [7, 11) is 0. The number of carbonyl (C=O) groups excluding carboxylic acids is 2. The predicted molar refractivity (Wildman–Crippen MR) is 265 cm³/mol. The van der Waals surface area contributed by atoms with Crippen LogP contribution in [0.15, 0.2) is 84.9 Å². The molecule has 342 valence electrons. The molecule has 8 rings (SSSR count). The van der Waals surface area contributed by atoms with Crippen molar-refractivity contribution in [2.75, 3.05) is 11.5 Å². The minimum Gasteiger partial charge on any atom is -0.382 e. The van der Waals surface area contributed by atoms with Crippen molar-refractivity contribution in [1.29, 1.82) is 0 Å². The molecule has 0 aliphatic rings. The van der Waals surface area contributed by atoms with Crippen LogP contribution < -0.4 is 34.4 Å². The van der Waals surface area contributed by atoms with E-state index in [4.69, 9.17) is 54.3 Å². The van der Waals surface area contributed by atoms with Crippen molar-refractivity contribution in [1.82, 2.24) is 29.1 Å². The summed E-state index contributed by atoms with van der Waals surface area (Å²) >= 11 is 0. The van der Waals surface area contributed by atoms with Gasteiger partial charge in [0.1, 0.15) is 22.7 Å². The van der Waals surface area contributed by atoms with Crippen LogP contribution in [-0.2, 0) is 54.0 Å². The highest BCUT2D eigenvalue weighted by molar-refractivity contribution is 6.09. The first-order chi connectivity index (χ1) is 32.0. The molecule has 0 spiro atoms. The van der Waals surface area contributed by atoms with Gasteiger partial charge in [-0.25, -0.2) is 19.9 Å². The maximum absolute atomic E-state index is 14.7. The maximum atomic E-state index is 14.7. The van der Waals surface area contributed by atoms with E-state index in [0.29, 0.717) is 96.7 Å². The molecule has 8 aromatic rings. The Morgan fingerprint density at radius 2 is 1.00 bits per heavy atom. The number of anilines is 2. The summed E-state index contributed by atoms with van der Waals surface area (Å²) in [5, 5.41) is 1.61. The van der Waals surface area contributed by atoms with Crippen LogP contribution >= 0.6 is 0 Å². The van der Waals surface area contributed by atoms with Crippen LogP contribution in [0.25, 0.3) is 43.9 Å². The summed E-state index contributed by atoms with van der Waals surface area (Å²) in [5.74, 6) is 1.63. The number of nitrogen functional groups attached to an aromatic ring is 2. The lowest BCUT2D eigenvalue weighted by Gasteiger charge is -2.33. The van der Waals surface area contributed by atoms with Crippen LogP contribution in [-0.4, -0.2) is 40.9 Å². The third-order valence-electron chi connectivity index (χ3n) is 13.2. The molecule has 2 amide bonds. The Labute approximate surface area is 385 Å². The van der Waals surface area contributed by atoms with Crippen LogP contribution in [0.2, 0.25) is 0 Å². The molecule has 14 heteroatoms. The number of primary amides is 2. The number of aryl methyl sites for hydroxylation is 2. The van der Waals surface area contributed by atoms with Crippen molar-refractivity contribution in [2.24, 2.45) is 22.9 Å². The highest BCUT2D eigenvalue weighted by Crippen LogP contribution is 2.43. The number of pyridine rings is 2. The van der Waals surface area contributed by atoms with Gasteiger partial charge < -0.3 is 43.5 Å². The Bertz CT molecular complexity index is 2860. The lowest BCUT2D eigenvalue weighted by Crippen LogP contribution is -2.42. The first kappa shape index (κ1) is 45.7. The SMILES string of the molecule is CCCCc1nc2c(N)nc3ccc(C(CCCCCC(N)=O)(C(N)=O)c4ccc5nc(N)c6nc(CCCC)n(Cc7ccc(CN)cc7)c6c5c4)cc3c2n1Cc1ccc(CN)cc1. The highest BCUT2D eigenvalue weighted by atomic mass is 16.1. The summed E-state index contributed by atoms with van der Waals surface area (Å²) in [6.45, 7) is 6.34. The molecule has 66 heavy (non-hydrogen) atoms. The zero-order valence-corrected chi connectivity index (χ0v) is 38.2. The molecule has 0 fully saturated rings. The largest absolute Gasteiger partial charge is 0.382 e. The van der Waals surface area contributed by atoms with Crippen LogP contribution in [0.3, 0.4) is 0 Å². The first-order valence-corrected chi connectivity index (χ1v) is 23.3. The number of rotatable bonds is 21.